The van der Waals surface area contributed by atoms with E-state index in [1.54, 1.807) is 25.3 Å². The molecule has 2 N–H and O–H groups in total. The lowest BCUT2D eigenvalue weighted by molar-refractivity contribution is 0.0977. The molecule has 1 heterocycles. The number of ether oxygens (including phenoxy) is 1. The summed E-state index contributed by atoms with van der Waals surface area (Å²) in [5.74, 6) is 0.389. The van der Waals surface area contributed by atoms with Gasteiger partial charge in [-0.3, -0.25) is 10.1 Å². The Hall–Kier alpha value is -2.12. The van der Waals surface area contributed by atoms with Gasteiger partial charge in [-0.1, -0.05) is 0 Å². The number of halogens is 1. The van der Waals surface area contributed by atoms with Crippen LogP contribution in [0.4, 0.5) is 11.4 Å². The molecule has 5 nitrogen and oxygen atoms in total. The summed E-state index contributed by atoms with van der Waals surface area (Å²) < 4.78 is 5.89. The smallest absolute Gasteiger partial charge is 0.257 e. The first-order chi connectivity index (χ1) is 13.5. The molecule has 28 heavy (non-hydrogen) atoms. The highest BCUT2D eigenvalue weighted by molar-refractivity contribution is 9.10. The number of nitrogens with zero attached hydrogens (tertiary/aromatic N) is 1. The van der Waals surface area contributed by atoms with Crippen LogP contribution < -0.4 is 20.3 Å². The van der Waals surface area contributed by atoms with Crippen LogP contribution in [0, 0.1) is 0 Å². The van der Waals surface area contributed by atoms with Gasteiger partial charge in [0.05, 0.1) is 11.6 Å². The summed E-state index contributed by atoms with van der Waals surface area (Å²) in [6.45, 7) is 3.37. The quantitative estimate of drug-likeness (QED) is 0.629. The Bertz CT molecular complexity index is 857. The summed E-state index contributed by atoms with van der Waals surface area (Å²) in [6, 6.07) is 13.8. The Balaban J connectivity index is 1.58. The second-order valence-corrected chi connectivity index (χ2v) is 8.11. The van der Waals surface area contributed by atoms with Gasteiger partial charge >= 0.3 is 0 Å². The van der Waals surface area contributed by atoms with Crippen LogP contribution in [0.1, 0.15) is 36.5 Å². The number of benzene rings is 2. The minimum absolute atomic E-state index is 0.260. The molecule has 0 aromatic heterocycles. The van der Waals surface area contributed by atoms with Gasteiger partial charge in [-0.25, -0.2) is 0 Å². The standard InChI is InChI=1S/C21H24BrN3O2S/c1-14-5-3-4-12-25(14)17-9-7-16(8-10-17)23-21(28)24-20(26)15-6-11-19(27-2)18(22)13-15/h6-11,13-14H,3-5,12H2,1-2H3,(H2,23,24,26,28)/t14-/m0/s1. The molecule has 148 valence electrons. The number of nitrogens with one attached hydrogen (secondary N) is 2. The van der Waals surface area contributed by atoms with Crippen molar-refractivity contribution in [2.24, 2.45) is 0 Å². The zero-order valence-corrected chi connectivity index (χ0v) is 18.4. The summed E-state index contributed by atoms with van der Waals surface area (Å²) in [7, 11) is 1.58. The van der Waals surface area contributed by atoms with Crippen LogP contribution in [0.3, 0.4) is 0 Å². The predicted octanol–water partition coefficient (Wildman–Crippen LogP) is 4.96. The molecule has 0 spiro atoms. The van der Waals surface area contributed by atoms with E-state index in [9.17, 15) is 4.79 Å². The third-order valence-corrected chi connectivity index (χ3v) is 5.72. The second kappa shape index (κ2) is 9.39. The number of carbonyl (C=O) groups is 1. The Morgan fingerprint density at radius 2 is 1.96 bits per heavy atom. The Labute approximate surface area is 179 Å². The van der Waals surface area contributed by atoms with Crippen LogP contribution in [0.25, 0.3) is 0 Å². The molecule has 0 radical (unpaired) electrons. The Morgan fingerprint density at radius 3 is 2.61 bits per heavy atom. The third kappa shape index (κ3) is 5.02. The molecule has 7 heteroatoms. The molecule has 1 amide bonds. The molecule has 1 saturated heterocycles. The molecule has 1 aliphatic heterocycles. The van der Waals surface area contributed by atoms with Crippen molar-refractivity contribution in [2.45, 2.75) is 32.2 Å². The predicted molar refractivity (Wildman–Crippen MR) is 121 cm³/mol. The van der Waals surface area contributed by atoms with Crippen molar-refractivity contribution in [3.05, 3.63) is 52.5 Å². The van der Waals surface area contributed by atoms with Gasteiger partial charge in [-0.15, -0.1) is 0 Å². The van der Waals surface area contributed by atoms with E-state index in [2.05, 4.69) is 50.5 Å². The number of rotatable bonds is 4. The molecule has 1 fully saturated rings. The zero-order chi connectivity index (χ0) is 20.1. The van der Waals surface area contributed by atoms with E-state index in [0.29, 0.717) is 21.8 Å². The van der Waals surface area contributed by atoms with Crippen LogP contribution in [-0.4, -0.2) is 30.7 Å². The molecular formula is C21H24BrN3O2S. The van der Waals surface area contributed by atoms with Gasteiger partial charge in [0.1, 0.15) is 5.75 Å². The van der Waals surface area contributed by atoms with Gasteiger partial charge in [0.25, 0.3) is 5.91 Å². The molecule has 3 rings (SSSR count). The molecule has 0 unspecified atom stereocenters. The molecular weight excluding hydrogens is 438 g/mol. The molecule has 1 aliphatic rings. The zero-order valence-electron chi connectivity index (χ0n) is 16.0. The molecule has 1 atom stereocenters. The summed E-state index contributed by atoms with van der Waals surface area (Å²) in [5.41, 5.74) is 2.55. The largest absolute Gasteiger partial charge is 0.496 e. The van der Waals surface area contributed by atoms with E-state index in [1.807, 2.05) is 12.1 Å². The van der Waals surface area contributed by atoms with Gasteiger partial charge in [-0.2, -0.15) is 0 Å². The van der Waals surface area contributed by atoms with E-state index in [4.69, 9.17) is 17.0 Å². The highest BCUT2D eigenvalue weighted by atomic mass is 79.9. The van der Waals surface area contributed by atoms with Gasteiger partial charge in [-0.05, 0) is 96.8 Å². The number of thiocarbonyl (C=S) groups is 1. The minimum atomic E-state index is -0.278. The lowest BCUT2D eigenvalue weighted by Gasteiger charge is -2.35. The van der Waals surface area contributed by atoms with Crippen LogP contribution >= 0.6 is 28.1 Å². The molecule has 0 aliphatic carbocycles. The molecule has 0 bridgehead atoms. The minimum Gasteiger partial charge on any atom is -0.496 e. The normalized spacial score (nSPS) is 16.4. The first-order valence-electron chi connectivity index (χ1n) is 9.30. The summed E-state index contributed by atoms with van der Waals surface area (Å²) >= 11 is 8.66. The number of methoxy groups -OCH3 is 1. The van der Waals surface area contributed by atoms with Crippen molar-refractivity contribution in [1.29, 1.82) is 0 Å². The fourth-order valence-corrected chi connectivity index (χ4v) is 4.11. The third-order valence-electron chi connectivity index (χ3n) is 4.90. The monoisotopic (exact) mass is 461 g/mol. The van der Waals surface area contributed by atoms with Crippen LogP contribution in [0.5, 0.6) is 5.75 Å². The van der Waals surface area contributed by atoms with E-state index in [1.165, 1.54) is 24.9 Å². The van der Waals surface area contributed by atoms with Crippen LogP contribution in [-0.2, 0) is 0 Å². The van der Waals surface area contributed by atoms with Crippen LogP contribution in [0.2, 0.25) is 0 Å². The number of carbonyl (C=O) groups excluding carboxylic acids is 1. The summed E-state index contributed by atoms with van der Waals surface area (Å²) in [5, 5.41) is 6.03. The fourth-order valence-electron chi connectivity index (χ4n) is 3.36. The SMILES string of the molecule is COc1ccc(C(=O)NC(=S)Nc2ccc(N3CCCC[C@@H]3C)cc2)cc1Br. The van der Waals surface area contributed by atoms with Gasteiger partial charge in [0, 0.05) is 29.5 Å². The maximum atomic E-state index is 12.4. The maximum Gasteiger partial charge on any atom is 0.257 e. The highest BCUT2D eigenvalue weighted by Gasteiger charge is 2.18. The van der Waals surface area contributed by atoms with Crippen molar-refractivity contribution < 1.29 is 9.53 Å². The molecule has 2 aromatic rings. The topological polar surface area (TPSA) is 53.6 Å². The Kier molecular flexibility index (Phi) is 6.91. The van der Waals surface area contributed by atoms with Gasteiger partial charge in [0.2, 0.25) is 0 Å². The second-order valence-electron chi connectivity index (χ2n) is 6.84. The van der Waals surface area contributed by atoms with Crippen molar-refractivity contribution in [3.63, 3.8) is 0 Å². The molecule has 2 aromatic carbocycles. The highest BCUT2D eigenvalue weighted by Crippen LogP contribution is 2.26. The average Bonchev–Trinajstić information content (AvgIpc) is 2.69. The number of piperidine rings is 1. The van der Waals surface area contributed by atoms with E-state index < -0.39 is 0 Å². The van der Waals surface area contributed by atoms with Crippen LogP contribution in [0.15, 0.2) is 46.9 Å². The van der Waals surface area contributed by atoms with E-state index in [0.717, 1.165) is 12.2 Å². The van der Waals surface area contributed by atoms with Crippen molar-refractivity contribution in [2.75, 3.05) is 23.9 Å². The average molecular weight is 462 g/mol. The summed E-state index contributed by atoms with van der Waals surface area (Å²) in [6.07, 6.45) is 3.77. The summed E-state index contributed by atoms with van der Waals surface area (Å²) in [4.78, 5) is 14.8. The van der Waals surface area contributed by atoms with E-state index >= 15 is 0 Å². The Morgan fingerprint density at radius 1 is 1.21 bits per heavy atom. The molecule has 0 saturated carbocycles. The lowest BCUT2D eigenvalue weighted by atomic mass is 10.0. The van der Waals surface area contributed by atoms with Crippen molar-refractivity contribution in [3.8, 4) is 5.75 Å². The number of amides is 1. The van der Waals surface area contributed by atoms with Crippen molar-refractivity contribution in [1.82, 2.24) is 5.32 Å². The maximum absolute atomic E-state index is 12.4. The van der Waals surface area contributed by atoms with Gasteiger partial charge < -0.3 is 15.0 Å². The number of anilines is 2. The number of hydrogen-bond donors (Lipinski definition) is 2. The first-order valence-corrected chi connectivity index (χ1v) is 10.5. The first kappa shape index (κ1) is 20.6. The van der Waals surface area contributed by atoms with Crippen molar-refractivity contribution >= 4 is 50.5 Å². The fraction of sp³-hybridized carbons (Fsp3) is 0.333. The number of hydrogen-bond acceptors (Lipinski definition) is 4. The lowest BCUT2D eigenvalue weighted by Crippen LogP contribution is -2.37. The van der Waals surface area contributed by atoms with E-state index in [-0.39, 0.29) is 11.0 Å². The van der Waals surface area contributed by atoms with Gasteiger partial charge in [0.15, 0.2) is 5.11 Å².